The predicted molar refractivity (Wildman–Crippen MR) is 129 cm³/mol. The van der Waals surface area contributed by atoms with E-state index < -0.39 is 48.4 Å². The minimum atomic E-state index is -1.13. The van der Waals surface area contributed by atoms with Crippen LogP contribution in [0.25, 0.3) is 10.9 Å². The van der Waals surface area contributed by atoms with Crippen molar-refractivity contribution < 1.29 is 24.3 Å². The lowest BCUT2D eigenvalue weighted by molar-refractivity contribution is -0.142. The highest BCUT2D eigenvalue weighted by Crippen LogP contribution is 2.19. The van der Waals surface area contributed by atoms with Gasteiger partial charge in [-0.05, 0) is 36.3 Å². The fraction of sp³-hybridized carbons (Fsp3) is 0.500. The summed E-state index contributed by atoms with van der Waals surface area (Å²) >= 11 is 0. The third-order valence-corrected chi connectivity index (χ3v) is 5.46. The number of H-pyrrole nitrogens is 1. The Morgan fingerprint density at radius 2 is 1.71 bits per heavy atom. The van der Waals surface area contributed by atoms with Crippen LogP contribution in [0.1, 0.15) is 39.7 Å². The van der Waals surface area contributed by atoms with Crippen LogP contribution in [0.5, 0.6) is 0 Å². The molecule has 0 fully saturated rings. The number of fused-ring (bicyclic) bond motifs is 1. The van der Waals surface area contributed by atoms with Gasteiger partial charge in [0.05, 0.1) is 12.6 Å². The van der Waals surface area contributed by atoms with Gasteiger partial charge in [0.1, 0.15) is 12.1 Å². The lowest BCUT2D eigenvalue weighted by Gasteiger charge is -2.23. The van der Waals surface area contributed by atoms with Crippen molar-refractivity contribution in [1.29, 1.82) is 0 Å². The average molecular weight is 474 g/mol. The first kappa shape index (κ1) is 26.8. The number of aromatic nitrogens is 1. The van der Waals surface area contributed by atoms with Crippen LogP contribution < -0.4 is 21.7 Å². The molecule has 0 saturated carbocycles. The van der Waals surface area contributed by atoms with E-state index in [2.05, 4.69) is 20.9 Å². The SMILES string of the molecule is CC(C)CC(NC(=O)CNC(=O)C(NC(=O)C(N)Cc1c[nH]c2ccccc12)C(C)C)C(=O)O. The van der Waals surface area contributed by atoms with Crippen molar-refractivity contribution in [3.63, 3.8) is 0 Å². The van der Waals surface area contributed by atoms with Gasteiger partial charge in [-0.2, -0.15) is 0 Å². The second kappa shape index (κ2) is 12.2. The van der Waals surface area contributed by atoms with Crippen LogP contribution in [0.3, 0.4) is 0 Å². The molecule has 1 heterocycles. The van der Waals surface area contributed by atoms with E-state index >= 15 is 0 Å². The van der Waals surface area contributed by atoms with E-state index in [1.807, 2.05) is 44.3 Å². The number of carbonyl (C=O) groups is 4. The van der Waals surface area contributed by atoms with Gasteiger partial charge < -0.3 is 31.8 Å². The molecule has 3 amide bonds. The summed E-state index contributed by atoms with van der Waals surface area (Å²) in [5.41, 5.74) is 7.96. The number of para-hydroxylation sites is 1. The smallest absolute Gasteiger partial charge is 0.326 e. The summed E-state index contributed by atoms with van der Waals surface area (Å²) in [6.07, 6.45) is 2.37. The lowest BCUT2D eigenvalue weighted by Crippen LogP contribution is -2.55. The van der Waals surface area contributed by atoms with Crippen molar-refractivity contribution in [3.8, 4) is 0 Å². The second-order valence-corrected chi connectivity index (χ2v) is 9.21. The molecule has 3 atom stereocenters. The van der Waals surface area contributed by atoms with Crippen LogP contribution in [0, 0.1) is 11.8 Å². The largest absolute Gasteiger partial charge is 0.480 e. The highest BCUT2D eigenvalue weighted by Gasteiger charge is 2.28. The lowest BCUT2D eigenvalue weighted by atomic mass is 10.0. The monoisotopic (exact) mass is 473 g/mol. The maximum atomic E-state index is 12.7. The first-order chi connectivity index (χ1) is 16.0. The van der Waals surface area contributed by atoms with Crippen LogP contribution in [0.4, 0.5) is 0 Å². The van der Waals surface area contributed by atoms with Gasteiger partial charge in [0.15, 0.2) is 0 Å². The molecule has 0 aliphatic carbocycles. The Balaban J connectivity index is 1.92. The predicted octanol–water partition coefficient (Wildman–Crippen LogP) is 0.910. The number of nitrogens with two attached hydrogens (primary N) is 1. The quantitative estimate of drug-likeness (QED) is 0.268. The number of aromatic amines is 1. The van der Waals surface area contributed by atoms with Crippen molar-refractivity contribution in [2.24, 2.45) is 17.6 Å². The molecule has 7 N–H and O–H groups in total. The van der Waals surface area contributed by atoms with Crippen molar-refractivity contribution in [2.45, 2.75) is 58.7 Å². The van der Waals surface area contributed by atoms with Gasteiger partial charge in [-0.15, -0.1) is 0 Å². The van der Waals surface area contributed by atoms with Crippen LogP contribution in [-0.4, -0.2) is 58.5 Å². The van der Waals surface area contributed by atoms with Gasteiger partial charge in [0.25, 0.3) is 0 Å². The number of carboxylic acid groups (broad SMARTS) is 1. The average Bonchev–Trinajstić information content (AvgIpc) is 3.17. The molecule has 0 saturated heterocycles. The number of amides is 3. The van der Waals surface area contributed by atoms with E-state index in [1.54, 1.807) is 13.8 Å². The molecule has 10 heteroatoms. The van der Waals surface area contributed by atoms with Crippen LogP contribution in [0.15, 0.2) is 30.5 Å². The molecule has 2 aromatic rings. The van der Waals surface area contributed by atoms with Crippen molar-refractivity contribution in [3.05, 3.63) is 36.0 Å². The number of carboxylic acids is 1. The van der Waals surface area contributed by atoms with E-state index in [1.165, 1.54) is 0 Å². The standard InChI is InChI=1S/C24H35N5O5/c1-13(2)9-19(24(33)34)28-20(30)12-27-23(32)21(14(3)4)29-22(31)17(25)10-15-11-26-18-8-6-5-7-16(15)18/h5-8,11,13-14,17,19,21,26H,9-10,12,25H2,1-4H3,(H,27,32)(H,28,30)(H,29,31)(H,33,34). The topological polar surface area (TPSA) is 166 Å². The molecule has 2 rings (SSSR count). The summed E-state index contributed by atoms with van der Waals surface area (Å²) in [7, 11) is 0. The number of carbonyl (C=O) groups excluding carboxylic acids is 3. The third-order valence-electron chi connectivity index (χ3n) is 5.46. The van der Waals surface area contributed by atoms with E-state index in [0.29, 0.717) is 0 Å². The molecule has 1 aromatic heterocycles. The molecule has 34 heavy (non-hydrogen) atoms. The summed E-state index contributed by atoms with van der Waals surface area (Å²) in [5.74, 6) is -2.97. The first-order valence-electron chi connectivity index (χ1n) is 11.4. The van der Waals surface area contributed by atoms with Gasteiger partial charge in [-0.25, -0.2) is 4.79 Å². The molecule has 186 valence electrons. The Bertz CT molecular complexity index is 1020. The third kappa shape index (κ3) is 7.58. The molecule has 0 aliphatic rings. The number of benzene rings is 1. The van der Waals surface area contributed by atoms with E-state index in [0.717, 1.165) is 16.5 Å². The van der Waals surface area contributed by atoms with E-state index in [4.69, 9.17) is 5.73 Å². The number of rotatable bonds is 12. The maximum absolute atomic E-state index is 12.7. The Morgan fingerprint density at radius 1 is 1.03 bits per heavy atom. The molecule has 0 bridgehead atoms. The number of hydrogen-bond donors (Lipinski definition) is 6. The zero-order valence-corrected chi connectivity index (χ0v) is 20.1. The molecule has 10 nitrogen and oxygen atoms in total. The van der Waals surface area contributed by atoms with Gasteiger partial charge in [0, 0.05) is 17.1 Å². The highest BCUT2D eigenvalue weighted by molar-refractivity contribution is 5.93. The van der Waals surface area contributed by atoms with E-state index in [-0.39, 0.29) is 24.7 Å². The summed E-state index contributed by atoms with van der Waals surface area (Å²) in [6.45, 7) is 6.82. The molecular weight excluding hydrogens is 438 g/mol. The normalized spacial score (nSPS) is 14.0. The Morgan fingerprint density at radius 3 is 2.32 bits per heavy atom. The van der Waals surface area contributed by atoms with Gasteiger partial charge >= 0.3 is 5.97 Å². The summed E-state index contributed by atoms with van der Waals surface area (Å²) in [5, 5.41) is 17.8. The maximum Gasteiger partial charge on any atom is 0.326 e. The van der Waals surface area contributed by atoms with Crippen LogP contribution >= 0.6 is 0 Å². The number of hydrogen-bond acceptors (Lipinski definition) is 5. The summed E-state index contributed by atoms with van der Waals surface area (Å²) in [6, 6.07) is 4.88. The Hall–Kier alpha value is -3.40. The zero-order valence-electron chi connectivity index (χ0n) is 20.1. The molecular formula is C24H35N5O5. The van der Waals surface area contributed by atoms with E-state index in [9.17, 15) is 24.3 Å². The van der Waals surface area contributed by atoms with Crippen LogP contribution in [-0.2, 0) is 25.6 Å². The van der Waals surface area contributed by atoms with Gasteiger partial charge in [-0.1, -0.05) is 45.9 Å². The number of nitrogens with one attached hydrogen (secondary N) is 4. The number of aliphatic carboxylic acids is 1. The fourth-order valence-corrected chi connectivity index (χ4v) is 3.64. The molecule has 0 aliphatic heterocycles. The minimum Gasteiger partial charge on any atom is -0.480 e. The van der Waals surface area contributed by atoms with Crippen LogP contribution in [0.2, 0.25) is 0 Å². The van der Waals surface area contributed by atoms with Crippen molar-refractivity contribution in [2.75, 3.05) is 6.54 Å². The molecule has 0 radical (unpaired) electrons. The summed E-state index contributed by atoms with van der Waals surface area (Å²) in [4.78, 5) is 52.0. The van der Waals surface area contributed by atoms with Crippen molar-refractivity contribution >= 4 is 34.6 Å². The molecule has 1 aromatic carbocycles. The molecule has 3 unspecified atom stereocenters. The van der Waals surface area contributed by atoms with Gasteiger partial charge in [-0.3, -0.25) is 14.4 Å². The second-order valence-electron chi connectivity index (χ2n) is 9.21. The Kier molecular flexibility index (Phi) is 9.61. The molecule has 0 spiro atoms. The Labute approximate surface area is 199 Å². The highest BCUT2D eigenvalue weighted by atomic mass is 16.4. The minimum absolute atomic E-state index is 0.0741. The van der Waals surface area contributed by atoms with Crippen molar-refractivity contribution in [1.82, 2.24) is 20.9 Å². The first-order valence-corrected chi connectivity index (χ1v) is 11.4. The summed E-state index contributed by atoms with van der Waals surface area (Å²) < 4.78 is 0. The zero-order chi connectivity index (χ0) is 25.4. The fourth-order valence-electron chi connectivity index (χ4n) is 3.64. The van der Waals surface area contributed by atoms with Gasteiger partial charge in [0.2, 0.25) is 17.7 Å².